The van der Waals surface area contributed by atoms with E-state index in [0.29, 0.717) is 6.42 Å². The number of hydrogen-bond acceptors (Lipinski definition) is 5. The van der Waals surface area contributed by atoms with Crippen LogP contribution in [0.3, 0.4) is 0 Å². The summed E-state index contributed by atoms with van der Waals surface area (Å²) < 4.78 is 28.3. The van der Waals surface area contributed by atoms with Crippen LogP contribution in [0.25, 0.3) is 0 Å². The zero-order valence-corrected chi connectivity index (χ0v) is 13.9. The van der Waals surface area contributed by atoms with Gasteiger partial charge in [-0.15, -0.1) is 0 Å². The van der Waals surface area contributed by atoms with Gasteiger partial charge in [0.1, 0.15) is 6.61 Å². The van der Waals surface area contributed by atoms with Crippen LogP contribution in [0.15, 0.2) is 12.7 Å². The summed E-state index contributed by atoms with van der Waals surface area (Å²) in [6, 6.07) is 0. The summed E-state index contributed by atoms with van der Waals surface area (Å²) in [6.45, 7) is 5.64. The van der Waals surface area contributed by atoms with Crippen molar-refractivity contribution in [2.45, 2.75) is 58.3 Å². The Labute approximate surface area is 134 Å². The number of ether oxygens (including phenoxy) is 1. The molecule has 0 fully saturated rings. The van der Waals surface area contributed by atoms with Gasteiger partial charge in [-0.1, -0.05) is 58.1 Å². The Balaban J connectivity index is 4.27. The van der Waals surface area contributed by atoms with Crippen molar-refractivity contribution in [2.75, 3.05) is 6.61 Å². The number of carbonyl (C=O) groups is 2. The Morgan fingerprint density at radius 1 is 1.23 bits per heavy atom. The van der Waals surface area contributed by atoms with E-state index in [4.69, 9.17) is 9.29 Å². The average Bonchev–Trinajstić information content (AvgIpc) is 2.46. The molecule has 0 saturated heterocycles. The van der Waals surface area contributed by atoms with E-state index in [-0.39, 0.29) is 13.0 Å². The van der Waals surface area contributed by atoms with Crippen molar-refractivity contribution in [1.29, 1.82) is 0 Å². The van der Waals surface area contributed by atoms with Crippen LogP contribution in [0, 0.1) is 5.92 Å². The molecular weight excluding hydrogens is 308 g/mol. The molecule has 0 saturated carbocycles. The van der Waals surface area contributed by atoms with Crippen LogP contribution >= 0.6 is 0 Å². The molecule has 6 nitrogen and oxygen atoms in total. The van der Waals surface area contributed by atoms with Crippen LogP contribution in [0.1, 0.15) is 58.3 Å². The van der Waals surface area contributed by atoms with Crippen molar-refractivity contribution in [3.8, 4) is 0 Å². The molecule has 0 aromatic carbocycles. The molecule has 2 atom stereocenters. The third-order valence-electron chi connectivity index (χ3n) is 3.17. The molecule has 22 heavy (non-hydrogen) atoms. The first-order valence-corrected chi connectivity index (χ1v) is 8.64. The molecule has 0 spiro atoms. The van der Waals surface area contributed by atoms with Crippen LogP contribution in [0.2, 0.25) is 0 Å². The molecule has 2 unspecified atom stereocenters. The van der Waals surface area contributed by atoms with Gasteiger partial charge < -0.3 is 8.92 Å². The first kappa shape index (κ1) is 20.8. The summed E-state index contributed by atoms with van der Waals surface area (Å²) in [4.78, 5) is 23.3. The molecule has 7 heteroatoms. The lowest BCUT2D eigenvalue weighted by Crippen LogP contribution is -2.23. The second-order valence-electron chi connectivity index (χ2n) is 5.05. The molecule has 0 bridgehead atoms. The van der Waals surface area contributed by atoms with E-state index in [1.807, 2.05) is 0 Å². The highest BCUT2D eigenvalue weighted by Crippen LogP contribution is 2.18. The summed E-state index contributed by atoms with van der Waals surface area (Å²) in [7, 11) is 0. The Bertz CT molecular complexity index is 369. The largest absolute Gasteiger partial charge is 0.461 e. The molecule has 0 aromatic heterocycles. The predicted octanol–water partition coefficient (Wildman–Crippen LogP) is 3.15. The fraction of sp³-hybridized carbons (Fsp3) is 0.733. The highest BCUT2D eigenvalue weighted by atomic mass is 32.2. The zero-order chi connectivity index (χ0) is 16.8. The molecule has 1 N–H and O–H groups in total. The Hall–Kier alpha value is -1.21. The van der Waals surface area contributed by atoms with Gasteiger partial charge in [0.25, 0.3) is 0 Å². The van der Waals surface area contributed by atoms with E-state index >= 15 is 0 Å². The summed E-state index contributed by atoms with van der Waals surface area (Å²) in [5.74, 6) is -2.14. The Morgan fingerprint density at radius 2 is 1.86 bits per heavy atom. The topological polar surface area (TPSA) is 89.9 Å². The van der Waals surface area contributed by atoms with E-state index in [1.54, 1.807) is 0 Å². The van der Waals surface area contributed by atoms with E-state index in [2.05, 4.69) is 17.7 Å². The highest BCUT2D eigenvalue weighted by molar-refractivity contribution is 7.74. The van der Waals surface area contributed by atoms with Gasteiger partial charge in [0.15, 0.2) is 0 Å². The van der Waals surface area contributed by atoms with Gasteiger partial charge in [-0.2, -0.15) is 4.21 Å². The number of unbranched alkanes of at least 4 members (excludes halogenated alkanes) is 5. The minimum atomic E-state index is -2.67. The normalized spacial score (nSPS) is 13.2. The third kappa shape index (κ3) is 11.4. The SMILES string of the molecule is C=CCOC(=O)CC(CCCCCCCC)C(=O)OS(=O)O. The zero-order valence-electron chi connectivity index (χ0n) is 13.1. The fourth-order valence-corrected chi connectivity index (χ4v) is 2.30. The van der Waals surface area contributed by atoms with Crippen molar-refractivity contribution in [2.24, 2.45) is 5.92 Å². The van der Waals surface area contributed by atoms with Crippen LogP contribution in [0.5, 0.6) is 0 Å². The van der Waals surface area contributed by atoms with Crippen molar-refractivity contribution in [3.63, 3.8) is 0 Å². The smallest absolute Gasteiger partial charge is 0.360 e. The second-order valence-corrected chi connectivity index (χ2v) is 5.65. The first-order chi connectivity index (χ1) is 10.5. The van der Waals surface area contributed by atoms with Crippen molar-refractivity contribution < 1.29 is 27.3 Å². The van der Waals surface area contributed by atoms with E-state index in [1.165, 1.54) is 12.5 Å². The predicted molar refractivity (Wildman–Crippen MR) is 84.1 cm³/mol. The maximum atomic E-state index is 11.7. The maximum absolute atomic E-state index is 11.7. The van der Waals surface area contributed by atoms with Gasteiger partial charge in [0.05, 0.1) is 12.3 Å². The fourth-order valence-electron chi connectivity index (χ4n) is 2.02. The van der Waals surface area contributed by atoms with Crippen molar-refractivity contribution >= 4 is 23.3 Å². The summed E-state index contributed by atoms with van der Waals surface area (Å²) in [5, 5.41) is 0. The quantitative estimate of drug-likeness (QED) is 0.241. The van der Waals surface area contributed by atoms with Gasteiger partial charge in [0, 0.05) is 0 Å². The van der Waals surface area contributed by atoms with E-state index < -0.39 is 29.2 Å². The summed E-state index contributed by atoms with van der Waals surface area (Å²) in [5.41, 5.74) is 0. The van der Waals surface area contributed by atoms with Crippen LogP contribution < -0.4 is 0 Å². The van der Waals surface area contributed by atoms with Crippen molar-refractivity contribution in [3.05, 3.63) is 12.7 Å². The molecule has 128 valence electrons. The lowest BCUT2D eigenvalue weighted by molar-refractivity contribution is -0.149. The molecular formula is C15H26O6S. The van der Waals surface area contributed by atoms with E-state index in [0.717, 1.165) is 32.1 Å². The molecule has 0 aliphatic rings. The number of esters is 1. The Kier molecular flexibility index (Phi) is 12.7. The van der Waals surface area contributed by atoms with Crippen LogP contribution in [-0.2, 0) is 29.9 Å². The highest BCUT2D eigenvalue weighted by Gasteiger charge is 2.25. The first-order valence-electron chi connectivity index (χ1n) is 7.60. The van der Waals surface area contributed by atoms with Gasteiger partial charge in [-0.3, -0.25) is 14.1 Å². The molecule has 0 rings (SSSR count). The van der Waals surface area contributed by atoms with E-state index in [9.17, 15) is 13.8 Å². The standard InChI is InChI=1S/C15H26O6S/c1-3-5-6-7-8-9-10-13(15(17)21-22(18)19)12-14(16)20-11-4-2/h4,13H,2-3,5-12H2,1H3,(H,18,19). The van der Waals surface area contributed by atoms with Gasteiger partial charge in [0.2, 0.25) is 0 Å². The van der Waals surface area contributed by atoms with Gasteiger partial charge >= 0.3 is 23.3 Å². The minimum Gasteiger partial charge on any atom is -0.461 e. The molecule has 0 radical (unpaired) electrons. The maximum Gasteiger partial charge on any atom is 0.360 e. The minimum absolute atomic E-state index is 0.0730. The molecule has 0 aliphatic carbocycles. The van der Waals surface area contributed by atoms with Crippen molar-refractivity contribution in [1.82, 2.24) is 0 Å². The molecule has 0 aromatic rings. The van der Waals surface area contributed by atoms with Gasteiger partial charge in [-0.25, -0.2) is 0 Å². The number of hydrogen-bond donors (Lipinski definition) is 1. The lowest BCUT2D eigenvalue weighted by Gasteiger charge is -2.13. The molecule has 0 aliphatic heterocycles. The number of rotatable bonds is 13. The number of carbonyl (C=O) groups excluding carboxylic acids is 2. The van der Waals surface area contributed by atoms with Crippen LogP contribution in [-0.4, -0.2) is 27.3 Å². The average molecular weight is 334 g/mol. The third-order valence-corrected chi connectivity index (χ3v) is 3.47. The molecule has 0 heterocycles. The summed E-state index contributed by atoms with van der Waals surface area (Å²) in [6.07, 6.45) is 7.99. The Morgan fingerprint density at radius 3 is 2.45 bits per heavy atom. The van der Waals surface area contributed by atoms with Crippen LogP contribution in [0.4, 0.5) is 0 Å². The lowest BCUT2D eigenvalue weighted by atomic mass is 9.97. The second kappa shape index (κ2) is 13.5. The monoisotopic (exact) mass is 334 g/mol. The molecule has 0 amide bonds. The van der Waals surface area contributed by atoms with Gasteiger partial charge in [-0.05, 0) is 6.42 Å². The summed E-state index contributed by atoms with van der Waals surface area (Å²) >= 11 is -2.67.